The molecule has 3 nitrogen and oxygen atoms in total. The Bertz CT molecular complexity index is 696. The van der Waals surface area contributed by atoms with Gasteiger partial charge in [0.25, 0.3) is 0 Å². The number of hydrogen-bond donors (Lipinski definition) is 0. The van der Waals surface area contributed by atoms with E-state index in [9.17, 15) is 13.2 Å². The molecule has 3 rings (SSSR count). The first-order valence-corrected chi connectivity index (χ1v) is 10.8. The molecule has 1 radical (unpaired) electrons. The summed E-state index contributed by atoms with van der Waals surface area (Å²) in [5.74, 6) is -0.00992. The van der Waals surface area contributed by atoms with Gasteiger partial charge in [0.15, 0.2) is 0 Å². The molecule has 127 valence electrons. The maximum atomic E-state index is 13.0. The Morgan fingerprint density at radius 1 is 0.440 bits per heavy atom. The first-order chi connectivity index (χ1) is 12.1. The maximum absolute atomic E-state index is 13.0. The molecule has 25 heavy (non-hydrogen) atoms. The van der Waals surface area contributed by atoms with Gasteiger partial charge in [-0.1, -0.05) is 0 Å². The van der Waals surface area contributed by atoms with Gasteiger partial charge in [0.05, 0.1) is 0 Å². The summed E-state index contributed by atoms with van der Waals surface area (Å²) in [7, 11) is 0. The van der Waals surface area contributed by atoms with E-state index in [0.29, 0.717) is 17.2 Å². The zero-order chi connectivity index (χ0) is 17.6. The van der Waals surface area contributed by atoms with Crippen LogP contribution < -0.4 is 9.22 Å². The molecule has 7 heteroatoms. The molecule has 0 heterocycles. The van der Waals surface area contributed by atoms with E-state index in [1.807, 2.05) is 0 Å². The van der Waals surface area contributed by atoms with Crippen LogP contribution >= 0.6 is 0 Å². The molecule has 0 fully saturated rings. The molecule has 0 aliphatic rings. The average molecular weight is 452 g/mol. The molecular formula is C18H12F3O3Sn. The molecule has 0 amide bonds. The molecule has 3 aromatic carbocycles. The molecule has 0 aliphatic carbocycles. The van der Waals surface area contributed by atoms with E-state index in [2.05, 4.69) is 0 Å². The summed E-state index contributed by atoms with van der Waals surface area (Å²) in [5.41, 5.74) is 0. The van der Waals surface area contributed by atoms with Crippen molar-refractivity contribution in [1.29, 1.82) is 0 Å². The fraction of sp³-hybridized carbons (Fsp3) is 0. The van der Waals surface area contributed by atoms with Crippen LogP contribution in [0.3, 0.4) is 0 Å². The summed E-state index contributed by atoms with van der Waals surface area (Å²) in [6.45, 7) is 0. The van der Waals surface area contributed by atoms with Crippen molar-refractivity contribution in [1.82, 2.24) is 0 Å². The third kappa shape index (κ3) is 5.32. The Labute approximate surface area is 151 Å². The van der Waals surface area contributed by atoms with Crippen LogP contribution in [0.4, 0.5) is 13.2 Å². The zero-order valence-corrected chi connectivity index (χ0v) is 15.6. The molecule has 0 saturated carbocycles. The normalized spacial score (nSPS) is 10.6. The van der Waals surface area contributed by atoms with Crippen molar-refractivity contribution >= 4 is 21.0 Å². The molecular weight excluding hydrogens is 440 g/mol. The van der Waals surface area contributed by atoms with Crippen LogP contribution in [-0.4, -0.2) is 21.0 Å². The second kappa shape index (κ2) is 8.15. The van der Waals surface area contributed by atoms with Crippen LogP contribution in [0, 0.1) is 17.5 Å². The van der Waals surface area contributed by atoms with E-state index in [4.69, 9.17) is 9.22 Å². The fourth-order valence-electron chi connectivity index (χ4n) is 1.86. The third-order valence-electron chi connectivity index (χ3n) is 3.04. The van der Waals surface area contributed by atoms with Gasteiger partial charge in [-0.3, -0.25) is 0 Å². The predicted molar refractivity (Wildman–Crippen MR) is 86.8 cm³/mol. The van der Waals surface area contributed by atoms with Crippen molar-refractivity contribution in [3.63, 3.8) is 0 Å². The Kier molecular flexibility index (Phi) is 5.70. The van der Waals surface area contributed by atoms with E-state index < -0.39 is 38.5 Å². The topological polar surface area (TPSA) is 27.7 Å². The van der Waals surface area contributed by atoms with Crippen molar-refractivity contribution < 1.29 is 22.4 Å². The molecule has 0 aliphatic heterocycles. The van der Waals surface area contributed by atoms with Crippen molar-refractivity contribution in [3.05, 3.63) is 90.2 Å². The van der Waals surface area contributed by atoms with Crippen LogP contribution in [0.2, 0.25) is 0 Å². The Morgan fingerprint density at radius 2 is 0.680 bits per heavy atom. The quantitative estimate of drug-likeness (QED) is 0.511. The summed E-state index contributed by atoms with van der Waals surface area (Å²) in [5, 5.41) is 0. The average Bonchev–Trinajstić information content (AvgIpc) is 2.61. The molecule has 0 atom stereocenters. The molecule has 0 bridgehead atoms. The monoisotopic (exact) mass is 453 g/mol. The summed E-state index contributed by atoms with van der Waals surface area (Å²) in [4.78, 5) is 0. The van der Waals surface area contributed by atoms with E-state index in [-0.39, 0.29) is 0 Å². The van der Waals surface area contributed by atoms with Crippen molar-refractivity contribution in [2.45, 2.75) is 0 Å². The van der Waals surface area contributed by atoms with Crippen LogP contribution in [0.15, 0.2) is 72.8 Å². The van der Waals surface area contributed by atoms with Gasteiger partial charge >= 0.3 is 151 Å². The molecule has 0 N–H and O–H groups in total. The SMILES string of the molecule is Fc1ccc([O][Sn]([O]c2ccc(F)cc2)[O]c2ccc(F)cc2)cc1. The van der Waals surface area contributed by atoms with Crippen LogP contribution in [0.5, 0.6) is 17.2 Å². The molecule has 0 unspecified atom stereocenters. The number of rotatable bonds is 6. The summed E-state index contributed by atoms with van der Waals surface area (Å²) in [6, 6.07) is 16.3. The van der Waals surface area contributed by atoms with Crippen LogP contribution in [0.1, 0.15) is 0 Å². The first kappa shape index (κ1) is 17.5. The van der Waals surface area contributed by atoms with E-state index in [0.717, 1.165) is 0 Å². The van der Waals surface area contributed by atoms with E-state index in [1.54, 1.807) is 0 Å². The van der Waals surface area contributed by atoms with E-state index in [1.165, 1.54) is 72.8 Å². The van der Waals surface area contributed by atoms with Gasteiger partial charge in [0.2, 0.25) is 0 Å². The van der Waals surface area contributed by atoms with Gasteiger partial charge < -0.3 is 0 Å². The number of halogens is 3. The number of hydrogen-bond acceptors (Lipinski definition) is 3. The van der Waals surface area contributed by atoms with Gasteiger partial charge in [0, 0.05) is 0 Å². The van der Waals surface area contributed by atoms with Gasteiger partial charge in [-0.25, -0.2) is 0 Å². The molecule has 3 aromatic rings. The van der Waals surface area contributed by atoms with Gasteiger partial charge in [-0.05, 0) is 0 Å². The Morgan fingerprint density at radius 3 is 0.920 bits per heavy atom. The standard InChI is InChI=1S/3C6H5FO.Sn/c3*7-5-1-3-6(8)4-2-5;/h3*1-4,8H;/q;;;+3/p-3. The van der Waals surface area contributed by atoms with E-state index >= 15 is 0 Å². The number of benzene rings is 3. The Hall–Kier alpha value is -2.35. The molecule has 0 saturated heterocycles. The zero-order valence-electron chi connectivity index (χ0n) is 12.8. The second-order valence-electron chi connectivity index (χ2n) is 4.92. The summed E-state index contributed by atoms with van der Waals surface area (Å²) < 4.78 is 56.3. The van der Waals surface area contributed by atoms with Gasteiger partial charge in [-0.15, -0.1) is 0 Å². The minimum absolute atomic E-state index is 0.389. The molecule has 0 spiro atoms. The second-order valence-corrected chi connectivity index (χ2v) is 8.09. The van der Waals surface area contributed by atoms with Crippen LogP contribution in [0.25, 0.3) is 0 Å². The predicted octanol–water partition coefficient (Wildman–Crippen LogP) is 4.63. The van der Waals surface area contributed by atoms with Gasteiger partial charge in [-0.2, -0.15) is 0 Å². The van der Waals surface area contributed by atoms with Crippen LogP contribution in [-0.2, 0) is 0 Å². The summed E-state index contributed by atoms with van der Waals surface area (Å²) in [6.07, 6.45) is 0. The third-order valence-corrected chi connectivity index (χ3v) is 6.49. The first-order valence-electron chi connectivity index (χ1n) is 7.26. The van der Waals surface area contributed by atoms with Crippen molar-refractivity contribution in [2.75, 3.05) is 0 Å². The minimum atomic E-state index is -3.49. The summed E-state index contributed by atoms with van der Waals surface area (Å²) >= 11 is -3.49. The Balaban J connectivity index is 1.77. The van der Waals surface area contributed by atoms with Gasteiger partial charge in [0.1, 0.15) is 0 Å². The molecule has 0 aromatic heterocycles. The van der Waals surface area contributed by atoms with Crippen molar-refractivity contribution in [2.24, 2.45) is 0 Å². The fourth-order valence-corrected chi connectivity index (χ4v) is 5.03. The van der Waals surface area contributed by atoms with Crippen molar-refractivity contribution in [3.8, 4) is 17.2 Å².